The van der Waals surface area contributed by atoms with Crippen molar-refractivity contribution >= 4 is 5.91 Å². The van der Waals surface area contributed by atoms with Crippen LogP contribution in [0.25, 0.3) is 0 Å². The van der Waals surface area contributed by atoms with Gasteiger partial charge in [0.25, 0.3) is 5.91 Å². The molecule has 18 heavy (non-hydrogen) atoms. The summed E-state index contributed by atoms with van der Waals surface area (Å²) in [4.78, 5) is 16.3. The maximum absolute atomic E-state index is 12.1. The Morgan fingerprint density at radius 3 is 2.94 bits per heavy atom. The Bertz CT molecular complexity index is 465. The molecule has 0 fully saturated rings. The van der Waals surface area contributed by atoms with Crippen LogP contribution in [0.3, 0.4) is 0 Å². The molecule has 3 nitrogen and oxygen atoms in total. The Kier molecular flexibility index (Phi) is 4.13. The van der Waals surface area contributed by atoms with Crippen LogP contribution in [0, 0.1) is 6.92 Å². The van der Waals surface area contributed by atoms with E-state index in [2.05, 4.69) is 23.3 Å². The molecule has 0 aliphatic heterocycles. The van der Waals surface area contributed by atoms with E-state index in [1.54, 1.807) is 12.3 Å². The first kappa shape index (κ1) is 12.8. The van der Waals surface area contributed by atoms with E-state index in [4.69, 9.17) is 0 Å². The molecule has 0 saturated heterocycles. The Morgan fingerprint density at radius 2 is 2.28 bits per heavy atom. The fourth-order valence-electron chi connectivity index (χ4n) is 2.35. The number of pyridine rings is 1. The number of carbonyl (C=O) groups excluding carboxylic acids is 1. The predicted molar refractivity (Wildman–Crippen MR) is 72.5 cm³/mol. The van der Waals surface area contributed by atoms with Gasteiger partial charge in [0.15, 0.2) is 0 Å². The summed E-state index contributed by atoms with van der Waals surface area (Å²) in [5.74, 6) is -0.0282. The molecule has 1 aromatic rings. The first-order chi connectivity index (χ1) is 8.68. The number of rotatable bonds is 3. The Labute approximate surface area is 108 Å². The van der Waals surface area contributed by atoms with Crippen LogP contribution >= 0.6 is 0 Å². The average molecular weight is 244 g/mol. The molecule has 0 spiro atoms. The third-order valence-electron chi connectivity index (χ3n) is 3.48. The van der Waals surface area contributed by atoms with Crippen molar-refractivity contribution in [3.8, 4) is 0 Å². The van der Waals surface area contributed by atoms with Gasteiger partial charge < -0.3 is 5.32 Å². The van der Waals surface area contributed by atoms with E-state index in [1.165, 1.54) is 18.4 Å². The molecule has 0 bridgehead atoms. The average Bonchev–Trinajstić information content (AvgIpc) is 2.40. The maximum atomic E-state index is 12.1. The summed E-state index contributed by atoms with van der Waals surface area (Å²) >= 11 is 0. The minimum Gasteiger partial charge on any atom is -0.346 e. The standard InChI is InChI=1S/C15H20N2O/c1-11(13-7-4-3-5-8-13)17-15(18)14-9-6-10-16-12(14)2/h6-7,9-11H,3-5,8H2,1-2H3,(H,17,18)/t11-/m0/s1. The molecule has 0 aromatic carbocycles. The lowest BCUT2D eigenvalue weighted by Gasteiger charge is -2.21. The smallest absolute Gasteiger partial charge is 0.253 e. The van der Waals surface area contributed by atoms with Crippen molar-refractivity contribution in [2.75, 3.05) is 0 Å². The fraction of sp³-hybridized carbons (Fsp3) is 0.467. The van der Waals surface area contributed by atoms with Gasteiger partial charge in [0.2, 0.25) is 0 Å². The number of aryl methyl sites for hydroxylation is 1. The van der Waals surface area contributed by atoms with Crippen molar-refractivity contribution in [3.63, 3.8) is 0 Å². The van der Waals surface area contributed by atoms with E-state index < -0.39 is 0 Å². The molecule has 1 atom stereocenters. The molecule has 3 heteroatoms. The van der Waals surface area contributed by atoms with Gasteiger partial charge in [-0.05, 0) is 51.7 Å². The zero-order valence-electron chi connectivity index (χ0n) is 11.1. The van der Waals surface area contributed by atoms with Crippen LogP contribution in [-0.2, 0) is 0 Å². The van der Waals surface area contributed by atoms with Gasteiger partial charge in [-0.2, -0.15) is 0 Å². The van der Waals surface area contributed by atoms with Crippen molar-refractivity contribution in [1.29, 1.82) is 0 Å². The van der Waals surface area contributed by atoms with Crippen molar-refractivity contribution in [2.45, 2.75) is 45.6 Å². The predicted octanol–water partition coefficient (Wildman–Crippen LogP) is 3.01. The number of amides is 1. The third kappa shape index (κ3) is 2.97. The maximum Gasteiger partial charge on any atom is 0.253 e. The lowest BCUT2D eigenvalue weighted by Crippen LogP contribution is -2.34. The molecule has 1 N–H and O–H groups in total. The number of nitrogens with zero attached hydrogens (tertiary/aromatic N) is 1. The van der Waals surface area contributed by atoms with Gasteiger partial charge >= 0.3 is 0 Å². The quantitative estimate of drug-likeness (QED) is 0.830. The van der Waals surface area contributed by atoms with Gasteiger partial charge in [0.1, 0.15) is 0 Å². The van der Waals surface area contributed by atoms with Crippen LogP contribution in [0.5, 0.6) is 0 Å². The summed E-state index contributed by atoms with van der Waals surface area (Å²) in [6.07, 6.45) is 8.72. The molecule has 1 aliphatic carbocycles. The molecule has 2 rings (SSSR count). The van der Waals surface area contributed by atoms with E-state index in [0.717, 1.165) is 18.5 Å². The summed E-state index contributed by atoms with van der Waals surface area (Å²) in [5.41, 5.74) is 2.80. The van der Waals surface area contributed by atoms with Gasteiger partial charge in [0.05, 0.1) is 5.56 Å². The summed E-state index contributed by atoms with van der Waals surface area (Å²) in [5, 5.41) is 3.06. The Hall–Kier alpha value is -1.64. The minimum absolute atomic E-state index is 0.0282. The van der Waals surface area contributed by atoms with Crippen LogP contribution < -0.4 is 5.32 Å². The summed E-state index contributed by atoms with van der Waals surface area (Å²) in [6, 6.07) is 3.74. The van der Waals surface area contributed by atoms with Crippen LogP contribution in [-0.4, -0.2) is 16.9 Å². The molecule has 1 aromatic heterocycles. The van der Waals surface area contributed by atoms with Gasteiger partial charge in [-0.1, -0.05) is 11.6 Å². The highest BCUT2D eigenvalue weighted by Gasteiger charge is 2.16. The molecular formula is C15H20N2O. The van der Waals surface area contributed by atoms with E-state index in [9.17, 15) is 4.79 Å². The lowest BCUT2D eigenvalue weighted by molar-refractivity contribution is 0.0943. The van der Waals surface area contributed by atoms with Crippen LogP contribution in [0.15, 0.2) is 30.0 Å². The lowest BCUT2D eigenvalue weighted by atomic mass is 9.94. The third-order valence-corrected chi connectivity index (χ3v) is 3.48. The van der Waals surface area contributed by atoms with Crippen LogP contribution in [0.2, 0.25) is 0 Å². The van der Waals surface area contributed by atoms with E-state index in [0.29, 0.717) is 5.56 Å². The molecule has 0 unspecified atom stereocenters. The van der Waals surface area contributed by atoms with Gasteiger partial charge in [-0.15, -0.1) is 0 Å². The fourth-order valence-corrected chi connectivity index (χ4v) is 2.35. The monoisotopic (exact) mass is 244 g/mol. The Morgan fingerprint density at radius 1 is 1.44 bits per heavy atom. The van der Waals surface area contributed by atoms with Gasteiger partial charge in [0, 0.05) is 17.9 Å². The molecule has 1 heterocycles. The molecule has 96 valence electrons. The van der Waals surface area contributed by atoms with Crippen LogP contribution in [0.4, 0.5) is 0 Å². The first-order valence-corrected chi connectivity index (χ1v) is 6.60. The number of hydrogen-bond donors (Lipinski definition) is 1. The SMILES string of the molecule is Cc1ncccc1C(=O)N[C@@H](C)C1=CCCCC1. The highest BCUT2D eigenvalue weighted by atomic mass is 16.1. The summed E-state index contributed by atoms with van der Waals surface area (Å²) in [6.45, 7) is 3.92. The highest BCUT2D eigenvalue weighted by Crippen LogP contribution is 2.20. The second-order valence-electron chi connectivity index (χ2n) is 4.86. The number of aromatic nitrogens is 1. The van der Waals surface area contributed by atoms with E-state index in [-0.39, 0.29) is 11.9 Å². The molecule has 0 saturated carbocycles. The summed E-state index contributed by atoms with van der Waals surface area (Å²) in [7, 11) is 0. The van der Waals surface area contributed by atoms with Gasteiger partial charge in [-0.3, -0.25) is 9.78 Å². The van der Waals surface area contributed by atoms with Gasteiger partial charge in [-0.25, -0.2) is 0 Å². The molecule has 1 aliphatic rings. The number of allylic oxidation sites excluding steroid dienone is 1. The number of carbonyl (C=O) groups is 1. The topological polar surface area (TPSA) is 42.0 Å². The van der Waals surface area contributed by atoms with E-state index in [1.807, 2.05) is 13.0 Å². The van der Waals surface area contributed by atoms with Crippen molar-refractivity contribution in [2.24, 2.45) is 0 Å². The second kappa shape index (κ2) is 5.80. The van der Waals surface area contributed by atoms with Crippen molar-refractivity contribution in [1.82, 2.24) is 10.3 Å². The van der Waals surface area contributed by atoms with Crippen LogP contribution in [0.1, 0.15) is 48.7 Å². The molecule has 1 amide bonds. The largest absolute Gasteiger partial charge is 0.346 e. The second-order valence-corrected chi connectivity index (χ2v) is 4.86. The zero-order chi connectivity index (χ0) is 13.0. The Balaban J connectivity index is 2.03. The number of nitrogens with one attached hydrogen (secondary N) is 1. The van der Waals surface area contributed by atoms with E-state index >= 15 is 0 Å². The first-order valence-electron chi connectivity index (χ1n) is 6.60. The highest BCUT2D eigenvalue weighted by molar-refractivity contribution is 5.95. The minimum atomic E-state index is -0.0282. The normalized spacial score (nSPS) is 16.9. The zero-order valence-corrected chi connectivity index (χ0v) is 11.1. The summed E-state index contributed by atoms with van der Waals surface area (Å²) < 4.78 is 0. The number of hydrogen-bond acceptors (Lipinski definition) is 2. The molecular weight excluding hydrogens is 224 g/mol. The van der Waals surface area contributed by atoms with Crippen molar-refractivity contribution < 1.29 is 4.79 Å². The molecule has 0 radical (unpaired) electrons. The van der Waals surface area contributed by atoms with Crippen molar-refractivity contribution in [3.05, 3.63) is 41.2 Å².